The molecule has 2 amide bonds. The van der Waals surface area contributed by atoms with Gasteiger partial charge >= 0.3 is 6.09 Å². The summed E-state index contributed by atoms with van der Waals surface area (Å²) in [5.41, 5.74) is 15.7. The second-order valence-electron chi connectivity index (χ2n) is 6.37. The molecular formula is C19H18FN5O3. The minimum atomic E-state index is -0.580. The largest absolute Gasteiger partial charge is 0.444 e. The van der Waals surface area contributed by atoms with E-state index < -0.39 is 23.9 Å². The molecule has 0 saturated carbocycles. The summed E-state index contributed by atoms with van der Waals surface area (Å²) in [7, 11) is 0. The van der Waals surface area contributed by atoms with Gasteiger partial charge in [-0.25, -0.2) is 9.18 Å². The molecule has 1 unspecified atom stereocenters. The van der Waals surface area contributed by atoms with Gasteiger partial charge in [-0.05, 0) is 41.3 Å². The SMILES string of the molecule is [N-]=[N+]=NCc1ccc(-c2ccc(N3CC(CCC(N)=O)OC3=O)cc2F)cc1. The molecule has 3 rings (SSSR count). The van der Waals surface area contributed by atoms with Gasteiger partial charge in [0.15, 0.2) is 0 Å². The van der Waals surface area contributed by atoms with E-state index in [0.717, 1.165) is 5.56 Å². The maximum absolute atomic E-state index is 14.7. The number of carbonyl (C=O) groups is 2. The Kier molecular flexibility index (Phi) is 5.76. The van der Waals surface area contributed by atoms with E-state index in [4.69, 9.17) is 16.0 Å². The summed E-state index contributed by atoms with van der Waals surface area (Å²) in [4.78, 5) is 27.0. The van der Waals surface area contributed by atoms with Gasteiger partial charge in [0.1, 0.15) is 11.9 Å². The first-order valence-corrected chi connectivity index (χ1v) is 8.64. The van der Waals surface area contributed by atoms with Gasteiger partial charge in [-0.3, -0.25) is 9.69 Å². The fourth-order valence-corrected chi connectivity index (χ4v) is 2.99. The molecule has 0 radical (unpaired) electrons. The van der Waals surface area contributed by atoms with Crippen molar-refractivity contribution >= 4 is 17.7 Å². The number of ether oxygens (including phenoxy) is 1. The van der Waals surface area contributed by atoms with Crippen molar-refractivity contribution in [1.82, 2.24) is 0 Å². The molecule has 1 atom stereocenters. The summed E-state index contributed by atoms with van der Waals surface area (Å²) in [5.74, 6) is -0.941. The van der Waals surface area contributed by atoms with Crippen molar-refractivity contribution in [2.45, 2.75) is 25.5 Å². The van der Waals surface area contributed by atoms with E-state index in [1.807, 2.05) is 0 Å². The van der Waals surface area contributed by atoms with Gasteiger partial charge in [-0.1, -0.05) is 29.4 Å². The summed E-state index contributed by atoms with van der Waals surface area (Å²) in [6, 6.07) is 11.5. The topological polar surface area (TPSA) is 121 Å². The Labute approximate surface area is 160 Å². The van der Waals surface area contributed by atoms with Crippen molar-refractivity contribution < 1.29 is 18.7 Å². The van der Waals surface area contributed by atoms with Gasteiger partial charge in [-0.2, -0.15) is 0 Å². The summed E-state index contributed by atoms with van der Waals surface area (Å²) >= 11 is 0. The molecule has 2 aromatic carbocycles. The van der Waals surface area contributed by atoms with Crippen LogP contribution in [0.5, 0.6) is 0 Å². The number of carbonyl (C=O) groups excluding carboxylic acids is 2. The number of hydrogen-bond donors (Lipinski definition) is 1. The zero-order valence-corrected chi connectivity index (χ0v) is 14.9. The second-order valence-corrected chi connectivity index (χ2v) is 6.37. The van der Waals surface area contributed by atoms with Crippen LogP contribution in [0.3, 0.4) is 0 Å². The van der Waals surface area contributed by atoms with Crippen LogP contribution in [0.1, 0.15) is 18.4 Å². The average Bonchev–Trinajstić information content (AvgIpc) is 3.06. The lowest BCUT2D eigenvalue weighted by atomic mass is 10.0. The Morgan fingerprint density at radius 1 is 1.32 bits per heavy atom. The van der Waals surface area contributed by atoms with E-state index in [9.17, 15) is 14.0 Å². The molecule has 1 saturated heterocycles. The van der Waals surface area contributed by atoms with Crippen molar-refractivity contribution in [3.63, 3.8) is 0 Å². The average molecular weight is 383 g/mol. The van der Waals surface area contributed by atoms with Crippen molar-refractivity contribution in [2.75, 3.05) is 11.4 Å². The molecule has 0 aliphatic carbocycles. The number of rotatable bonds is 7. The van der Waals surface area contributed by atoms with Gasteiger partial charge in [-0.15, -0.1) is 0 Å². The third kappa shape index (κ3) is 4.39. The first-order chi connectivity index (χ1) is 13.5. The minimum Gasteiger partial charge on any atom is -0.444 e. The van der Waals surface area contributed by atoms with Crippen LogP contribution in [0.25, 0.3) is 21.6 Å². The molecular weight excluding hydrogens is 365 g/mol. The maximum Gasteiger partial charge on any atom is 0.414 e. The predicted octanol–water partition coefficient (Wildman–Crippen LogP) is 3.89. The van der Waals surface area contributed by atoms with Crippen molar-refractivity contribution in [1.29, 1.82) is 0 Å². The number of benzene rings is 2. The molecule has 2 N–H and O–H groups in total. The molecule has 1 aliphatic rings. The number of hydrogen-bond acceptors (Lipinski definition) is 4. The van der Waals surface area contributed by atoms with Crippen molar-refractivity contribution in [2.24, 2.45) is 10.8 Å². The highest BCUT2D eigenvalue weighted by Gasteiger charge is 2.32. The number of primary amides is 1. The monoisotopic (exact) mass is 383 g/mol. The highest BCUT2D eigenvalue weighted by molar-refractivity contribution is 5.90. The Morgan fingerprint density at radius 2 is 2.07 bits per heavy atom. The number of halogens is 1. The molecule has 28 heavy (non-hydrogen) atoms. The molecule has 144 valence electrons. The van der Waals surface area contributed by atoms with Crippen LogP contribution in [-0.2, 0) is 16.1 Å². The van der Waals surface area contributed by atoms with Crippen LogP contribution in [0.2, 0.25) is 0 Å². The van der Waals surface area contributed by atoms with Gasteiger partial charge < -0.3 is 10.5 Å². The van der Waals surface area contributed by atoms with Crippen molar-refractivity contribution in [3.05, 3.63) is 64.3 Å². The lowest BCUT2D eigenvalue weighted by Crippen LogP contribution is -2.25. The van der Waals surface area contributed by atoms with E-state index in [1.54, 1.807) is 36.4 Å². The third-order valence-corrected chi connectivity index (χ3v) is 4.43. The van der Waals surface area contributed by atoms with E-state index in [0.29, 0.717) is 23.2 Å². The number of nitrogens with two attached hydrogens (primary N) is 1. The predicted molar refractivity (Wildman–Crippen MR) is 101 cm³/mol. The minimum absolute atomic E-state index is 0.120. The summed E-state index contributed by atoms with van der Waals surface area (Å²) in [6.07, 6.45) is -0.579. The standard InChI is InChI=1S/C19H18FN5O3/c20-17-9-14(25-11-15(28-19(25)27)6-8-18(21)26)5-7-16(17)13-3-1-12(2-4-13)10-23-24-22/h1-5,7,9,15H,6,8,10-11H2,(H2,21,26). The molecule has 0 spiro atoms. The molecule has 0 bridgehead atoms. The van der Waals surface area contributed by atoms with Crippen LogP contribution in [-0.4, -0.2) is 24.6 Å². The Bertz CT molecular complexity index is 941. The number of amides is 2. The van der Waals surface area contributed by atoms with Crippen LogP contribution in [0.15, 0.2) is 47.6 Å². The number of cyclic esters (lactones) is 1. The molecule has 1 heterocycles. The molecule has 2 aromatic rings. The second kappa shape index (κ2) is 8.41. The first kappa shape index (κ1) is 19.2. The number of nitrogens with zero attached hydrogens (tertiary/aromatic N) is 4. The number of anilines is 1. The fraction of sp³-hybridized carbons (Fsp3) is 0.263. The maximum atomic E-state index is 14.7. The zero-order valence-electron chi connectivity index (χ0n) is 14.9. The van der Waals surface area contributed by atoms with Gasteiger partial charge in [0.05, 0.1) is 18.8 Å². The Morgan fingerprint density at radius 3 is 2.71 bits per heavy atom. The lowest BCUT2D eigenvalue weighted by molar-refractivity contribution is -0.118. The fourth-order valence-electron chi connectivity index (χ4n) is 2.99. The lowest BCUT2D eigenvalue weighted by Gasteiger charge is -2.14. The smallest absolute Gasteiger partial charge is 0.414 e. The third-order valence-electron chi connectivity index (χ3n) is 4.43. The van der Waals surface area contributed by atoms with Gasteiger partial charge in [0.2, 0.25) is 5.91 Å². The molecule has 1 fully saturated rings. The molecule has 8 nitrogen and oxygen atoms in total. The van der Waals surface area contributed by atoms with E-state index in [1.165, 1.54) is 11.0 Å². The highest BCUT2D eigenvalue weighted by Crippen LogP contribution is 2.30. The molecule has 9 heteroatoms. The quantitative estimate of drug-likeness (QED) is 0.443. The zero-order chi connectivity index (χ0) is 20.1. The molecule has 0 aromatic heterocycles. The first-order valence-electron chi connectivity index (χ1n) is 8.64. The Hall–Kier alpha value is -3.58. The van der Waals surface area contributed by atoms with Crippen LogP contribution in [0.4, 0.5) is 14.9 Å². The van der Waals surface area contributed by atoms with E-state index >= 15 is 0 Å². The van der Waals surface area contributed by atoms with Gasteiger partial charge in [0, 0.05) is 16.9 Å². The van der Waals surface area contributed by atoms with Gasteiger partial charge in [0.25, 0.3) is 0 Å². The summed E-state index contributed by atoms with van der Waals surface area (Å²) in [5, 5.41) is 3.49. The summed E-state index contributed by atoms with van der Waals surface area (Å²) < 4.78 is 19.9. The van der Waals surface area contributed by atoms with E-state index in [-0.39, 0.29) is 19.5 Å². The van der Waals surface area contributed by atoms with Crippen LogP contribution < -0.4 is 10.6 Å². The Balaban J connectivity index is 1.74. The number of azide groups is 1. The van der Waals surface area contributed by atoms with E-state index in [2.05, 4.69) is 10.0 Å². The van der Waals surface area contributed by atoms with Crippen LogP contribution in [0, 0.1) is 5.82 Å². The van der Waals surface area contributed by atoms with Crippen molar-refractivity contribution in [3.8, 4) is 11.1 Å². The van der Waals surface area contributed by atoms with Crippen LogP contribution >= 0.6 is 0 Å². The molecule has 1 aliphatic heterocycles. The summed E-state index contributed by atoms with van der Waals surface area (Å²) in [6.45, 7) is 0.463. The normalized spacial score (nSPS) is 15.8. The highest BCUT2D eigenvalue weighted by atomic mass is 19.1.